The molecular weight excluding hydrogens is 325 g/mol. The van der Waals surface area contributed by atoms with Crippen LogP contribution >= 0.6 is 23.4 Å². The van der Waals surface area contributed by atoms with Gasteiger partial charge in [-0.2, -0.15) is 0 Å². The van der Waals surface area contributed by atoms with Crippen molar-refractivity contribution in [3.63, 3.8) is 0 Å². The highest BCUT2D eigenvalue weighted by molar-refractivity contribution is 8.00. The van der Waals surface area contributed by atoms with Gasteiger partial charge in [0.25, 0.3) is 0 Å². The number of halogens is 2. The van der Waals surface area contributed by atoms with E-state index in [0.29, 0.717) is 10.8 Å². The molecule has 1 atom stereocenters. The molecule has 0 radical (unpaired) electrons. The van der Waals surface area contributed by atoms with Crippen molar-refractivity contribution < 1.29 is 9.18 Å². The summed E-state index contributed by atoms with van der Waals surface area (Å²) in [7, 11) is 0. The summed E-state index contributed by atoms with van der Waals surface area (Å²) in [5, 5.41) is 2.82. The van der Waals surface area contributed by atoms with Crippen LogP contribution in [-0.4, -0.2) is 21.1 Å². The van der Waals surface area contributed by atoms with Crippen molar-refractivity contribution in [1.29, 1.82) is 0 Å². The molecule has 116 valence electrons. The fourth-order valence-corrected chi connectivity index (χ4v) is 2.83. The molecule has 0 aliphatic carbocycles. The number of carbonyl (C=O) groups is 1. The number of rotatable bonds is 4. The molecule has 0 fully saturated rings. The first kappa shape index (κ1) is 16.7. The summed E-state index contributed by atoms with van der Waals surface area (Å²) in [5.74, 6) is -0.749. The summed E-state index contributed by atoms with van der Waals surface area (Å²) in [4.78, 5) is 20.7. The first-order valence-electron chi connectivity index (χ1n) is 6.60. The molecule has 0 spiro atoms. The van der Waals surface area contributed by atoms with E-state index in [0.717, 1.165) is 11.4 Å². The highest BCUT2D eigenvalue weighted by atomic mass is 35.5. The summed E-state index contributed by atoms with van der Waals surface area (Å²) < 4.78 is 13.1. The number of thioether (sulfide) groups is 1. The van der Waals surface area contributed by atoms with Crippen LogP contribution in [0.3, 0.4) is 0 Å². The van der Waals surface area contributed by atoms with Crippen LogP contribution in [0.5, 0.6) is 0 Å². The van der Waals surface area contributed by atoms with Gasteiger partial charge < -0.3 is 5.32 Å². The number of aryl methyl sites for hydroxylation is 2. The van der Waals surface area contributed by atoms with Crippen LogP contribution in [-0.2, 0) is 4.79 Å². The Bertz CT molecular complexity index is 691. The van der Waals surface area contributed by atoms with Crippen LogP contribution in [0.15, 0.2) is 29.4 Å². The minimum Gasteiger partial charge on any atom is -0.325 e. The van der Waals surface area contributed by atoms with Gasteiger partial charge in [0, 0.05) is 17.1 Å². The first-order chi connectivity index (χ1) is 10.3. The van der Waals surface area contributed by atoms with Gasteiger partial charge >= 0.3 is 0 Å². The smallest absolute Gasteiger partial charge is 0.237 e. The van der Waals surface area contributed by atoms with Crippen molar-refractivity contribution in [2.24, 2.45) is 0 Å². The van der Waals surface area contributed by atoms with E-state index < -0.39 is 11.1 Å². The zero-order valence-corrected chi connectivity index (χ0v) is 13.9. The predicted octanol–water partition coefficient (Wildman–Crippen LogP) is 4.01. The summed E-state index contributed by atoms with van der Waals surface area (Å²) in [6.07, 6.45) is 0. The lowest BCUT2D eigenvalue weighted by atomic mass is 10.3. The van der Waals surface area contributed by atoms with Crippen molar-refractivity contribution in [1.82, 2.24) is 9.97 Å². The van der Waals surface area contributed by atoms with Gasteiger partial charge in [-0.05, 0) is 45.0 Å². The molecule has 2 rings (SSSR count). The molecule has 0 bridgehead atoms. The summed E-state index contributed by atoms with van der Waals surface area (Å²) in [6.45, 7) is 5.51. The fourth-order valence-electron chi connectivity index (χ4n) is 1.78. The molecule has 0 saturated carbocycles. The molecule has 1 N–H and O–H groups in total. The Kier molecular flexibility index (Phi) is 5.37. The maximum absolute atomic E-state index is 13.1. The van der Waals surface area contributed by atoms with Crippen molar-refractivity contribution in [3.8, 4) is 0 Å². The molecule has 1 heterocycles. The molecular formula is C15H15ClFN3OS. The summed E-state index contributed by atoms with van der Waals surface area (Å²) >= 11 is 6.96. The monoisotopic (exact) mass is 339 g/mol. The third-order valence-corrected chi connectivity index (χ3v) is 4.05. The van der Waals surface area contributed by atoms with Crippen LogP contribution in [0.4, 0.5) is 10.1 Å². The number of hydrogen-bond donors (Lipinski definition) is 1. The average Bonchev–Trinajstić information content (AvgIpc) is 2.41. The molecule has 22 heavy (non-hydrogen) atoms. The lowest BCUT2D eigenvalue weighted by Crippen LogP contribution is -2.22. The van der Waals surface area contributed by atoms with E-state index in [1.807, 2.05) is 19.9 Å². The minimum absolute atomic E-state index is 0.0317. The van der Waals surface area contributed by atoms with Gasteiger partial charge in [0.1, 0.15) is 5.82 Å². The van der Waals surface area contributed by atoms with Crippen molar-refractivity contribution in [3.05, 3.63) is 46.5 Å². The Balaban J connectivity index is 2.04. The van der Waals surface area contributed by atoms with Gasteiger partial charge in [0.05, 0.1) is 10.3 Å². The Labute approximate surface area is 137 Å². The van der Waals surface area contributed by atoms with E-state index in [2.05, 4.69) is 15.3 Å². The second-order valence-corrected chi connectivity index (χ2v) is 6.53. The van der Waals surface area contributed by atoms with Gasteiger partial charge in [-0.25, -0.2) is 14.4 Å². The van der Waals surface area contributed by atoms with Gasteiger partial charge in [-0.1, -0.05) is 23.4 Å². The van der Waals surface area contributed by atoms with E-state index in [1.54, 1.807) is 6.92 Å². The number of aromatic nitrogens is 2. The third-order valence-electron chi connectivity index (χ3n) is 2.80. The molecule has 4 nitrogen and oxygen atoms in total. The average molecular weight is 340 g/mol. The second kappa shape index (κ2) is 7.07. The molecule has 0 saturated heterocycles. The zero-order valence-electron chi connectivity index (χ0n) is 12.4. The quantitative estimate of drug-likeness (QED) is 0.675. The van der Waals surface area contributed by atoms with E-state index in [1.165, 1.54) is 30.0 Å². The normalized spacial score (nSPS) is 12.0. The Morgan fingerprint density at radius 2 is 1.91 bits per heavy atom. The number of anilines is 1. The zero-order chi connectivity index (χ0) is 16.3. The molecule has 0 aliphatic rings. The molecule has 0 unspecified atom stereocenters. The van der Waals surface area contributed by atoms with Crippen LogP contribution in [0, 0.1) is 19.7 Å². The molecule has 2 aromatic rings. The standard InChI is InChI=1S/C15H15ClFN3OS/c1-8-6-9(2)19-15(18-8)22-10(3)14(21)20-11-4-5-13(17)12(16)7-11/h4-7,10H,1-3H3,(H,20,21)/t10-/m1/s1. The first-order valence-corrected chi connectivity index (χ1v) is 7.86. The number of nitrogens with zero attached hydrogens (tertiary/aromatic N) is 2. The third kappa shape index (κ3) is 4.42. The number of carbonyl (C=O) groups excluding carboxylic acids is 1. The fraction of sp³-hybridized carbons (Fsp3) is 0.267. The largest absolute Gasteiger partial charge is 0.325 e. The van der Waals surface area contributed by atoms with E-state index in [-0.39, 0.29) is 10.9 Å². The summed E-state index contributed by atoms with van der Waals surface area (Å²) in [5.41, 5.74) is 2.16. The molecule has 1 aromatic heterocycles. The lowest BCUT2D eigenvalue weighted by Gasteiger charge is -2.12. The van der Waals surface area contributed by atoms with Crippen molar-refractivity contribution in [2.45, 2.75) is 31.2 Å². The van der Waals surface area contributed by atoms with Crippen LogP contribution < -0.4 is 5.32 Å². The van der Waals surface area contributed by atoms with E-state index in [4.69, 9.17) is 11.6 Å². The highest BCUT2D eigenvalue weighted by Gasteiger charge is 2.17. The Morgan fingerprint density at radius 1 is 1.27 bits per heavy atom. The Morgan fingerprint density at radius 3 is 2.50 bits per heavy atom. The summed E-state index contributed by atoms with van der Waals surface area (Å²) in [6, 6.07) is 5.92. The minimum atomic E-state index is -0.522. The lowest BCUT2D eigenvalue weighted by molar-refractivity contribution is -0.115. The number of nitrogens with one attached hydrogen (secondary N) is 1. The maximum atomic E-state index is 13.1. The molecule has 0 aliphatic heterocycles. The highest BCUT2D eigenvalue weighted by Crippen LogP contribution is 2.23. The van der Waals surface area contributed by atoms with Gasteiger partial charge in [-0.15, -0.1) is 0 Å². The van der Waals surface area contributed by atoms with Gasteiger partial charge in [0.2, 0.25) is 5.91 Å². The van der Waals surface area contributed by atoms with Crippen LogP contribution in [0.25, 0.3) is 0 Å². The number of hydrogen-bond acceptors (Lipinski definition) is 4. The van der Waals surface area contributed by atoms with Crippen LogP contribution in [0.1, 0.15) is 18.3 Å². The molecule has 1 aromatic carbocycles. The predicted molar refractivity (Wildman–Crippen MR) is 86.9 cm³/mol. The maximum Gasteiger partial charge on any atom is 0.237 e. The Hall–Kier alpha value is -1.66. The topological polar surface area (TPSA) is 54.9 Å². The second-order valence-electron chi connectivity index (χ2n) is 4.81. The molecule has 1 amide bonds. The number of benzene rings is 1. The van der Waals surface area contributed by atoms with Gasteiger partial charge in [0.15, 0.2) is 5.16 Å². The van der Waals surface area contributed by atoms with Crippen molar-refractivity contribution in [2.75, 3.05) is 5.32 Å². The van der Waals surface area contributed by atoms with E-state index >= 15 is 0 Å². The van der Waals surface area contributed by atoms with Gasteiger partial charge in [-0.3, -0.25) is 4.79 Å². The van der Waals surface area contributed by atoms with Crippen molar-refractivity contribution >= 4 is 35.0 Å². The molecule has 7 heteroatoms. The van der Waals surface area contributed by atoms with E-state index in [9.17, 15) is 9.18 Å². The number of amides is 1. The SMILES string of the molecule is Cc1cc(C)nc(S[C@H](C)C(=O)Nc2ccc(F)c(Cl)c2)n1. The van der Waals surface area contributed by atoms with Crippen LogP contribution in [0.2, 0.25) is 5.02 Å².